The fourth-order valence-electron chi connectivity index (χ4n) is 1.62. The molecule has 0 bridgehead atoms. The molecule has 0 aliphatic carbocycles. The van der Waals surface area contributed by atoms with Crippen LogP contribution in [0.25, 0.3) is 0 Å². The third kappa shape index (κ3) is 3.75. The monoisotopic (exact) mass is 291 g/mol. The van der Waals surface area contributed by atoms with Gasteiger partial charge in [-0.25, -0.2) is 0 Å². The lowest BCUT2D eigenvalue weighted by Crippen LogP contribution is -2.27. The minimum Gasteiger partial charge on any atom is -0.358 e. The molecule has 1 heterocycles. The highest BCUT2D eigenvalue weighted by atomic mass is 32.1. The molecule has 0 amide bonds. The first-order chi connectivity index (χ1) is 9.54. The van der Waals surface area contributed by atoms with Crippen LogP contribution in [0.3, 0.4) is 0 Å². The summed E-state index contributed by atoms with van der Waals surface area (Å²) in [4.78, 5) is 10.2. The van der Waals surface area contributed by atoms with Gasteiger partial charge in [-0.2, -0.15) is 5.10 Å². The molecule has 0 fully saturated rings. The van der Waals surface area contributed by atoms with Gasteiger partial charge in [0.1, 0.15) is 0 Å². The summed E-state index contributed by atoms with van der Waals surface area (Å²) in [6, 6.07) is 6.17. The van der Waals surface area contributed by atoms with Crippen LogP contribution in [0.5, 0.6) is 0 Å². The number of aryl methyl sites for hydroxylation is 1. The first kappa shape index (κ1) is 13.9. The summed E-state index contributed by atoms with van der Waals surface area (Å²) in [6.45, 7) is 0.536. The smallest absolute Gasteiger partial charge is 0.271 e. The average Bonchev–Trinajstić information content (AvgIpc) is 2.82. The largest absolute Gasteiger partial charge is 0.358 e. The SMILES string of the molecule is Cn1cc(CNC(=S)Nc2cccc([N+](=O)[O-])c2)cn1. The lowest BCUT2D eigenvalue weighted by atomic mass is 10.3. The number of nitro benzene ring substituents is 1. The number of nitrogens with one attached hydrogen (secondary N) is 2. The molecule has 0 spiro atoms. The van der Waals surface area contributed by atoms with Crippen molar-refractivity contribution in [2.24, 2.45) is 7.05 Å². The zero-order valence-corrected chi connectivity index (χ0v) is 11.6. The molecule has 2 aromatic rings. The Balaban J connectivity index is 1.91. The van der Waals surface area contributed by atoms with Crippen molar-refractivity contribution in [3.05, 3.63) is 52.3 Å². The predicted molar refractivity (Wildman–Crippen MR) is 79.4 cm³/mol. The maximum Gasteiger partial charge on any atom is 0.271 e. The van der Waals surface area contributed by atoms with E-state index in [4.69, 9.17) is 12.2 Å². The van der Waals surface area contributed by atoms with Crippen molar-refractivity contribution >= 4 is 28.7 Å². The molecule has 0 unspecified atom stereocenters. The van der Waals surface area contributed by atoms with E-state index >= 15 is 0 Å². The normalized spacial score (nSPS) is 10.1. The third-order valence-electron chi connectivity index (χ3n) is 2.53. The number of thiocarbonyl (C=S) groups is 1. The second kappa shape index (κ2) is 6.11. The van der Waals surface area contributed by atoms with Crippen LogP contribution in [0, 0.1) is 10.1 Å². The van der Waals surface area contributed by atoms with Crippen molar-refractivity contribution in [3.63, 3.8) is 0 Å². The molecule has 0 aliphatic rings. The van der Waals surface area contributed by atoms with Crippen LogP contribution in [0.15, 0.2) is 36.7 Å². The number of non-ortho nitro benzene ring substituents is 1. The van der Waals surface area contributed by atoms with Gasteiger partial charge in [0.15, 0.2) is 5.11 Å². The van der Waals surface area contributed by atoms with E-state index in [0.717, 1.165) is 5.56 Å². The molecule has 0 atom stereocenters. The zero-order chi connectivity index (χ0) is 14.5. The summed E-state index contributed by atoms with van der Waals surface area (Å²) in [5.74, 6) is 0. The van der Waals surface area contributed by atoms with Gasteiger partial charge in [0.25, 0.3) is 5.69 Å². The topological polar surface area (TPSA) is 85.0 Å². The fraction of sp³-hybridized carbons (Fsp3) is 0.167. The maximum atomic E-state index is 10.7. The Bertz CT molecular complexity index is 640. The third-order valence-corrected chi connectivity index (χ3v) is 2.77. The first-order valence-electron chi connectivity index (χ1n) is 5.81. The average molecular weight is 291 g/mol. The van der Waals surface area contributed by atoms with Crippen molar-refractivity contribution in [2.45, 2.75) is 6.54 Å². The van der Waals surface area contributed by atoms with Crippen LogP contribution in [0.4, 0.5) is 11.4 Å². The van der Waals surface area contributed by atoms with Crippen molar-refractivity contribution < 1.29 is 4.92 Å². The summed E-state index contributed by atoms with van der Waals surface area (Å²) >= 11 is 5.13. The summed E-state index contributed by atoms with van der Waals surface area (Å²) < 4.78 is 1.70. The van der Waals surface area contributed by atoms with E-state index in [1.54, 1.807) is 23.0 Å². The number of hydrogen-bond donors (Lipinski definition) is 2. The van der Waals surface area contributed by atoms with E-state index in [0.29, 0.717) is 17.3 Å². The van der Waals surface area contributed by atoms with E-state index in [1.807, 2.05) is 13.2 Å². The van der Waals surface area contributed by atoms with Gasteiger partial charge < -0.3 is 10.6 Å². The molecule has 20 heavy (non-hydrogen) atoms. The molecule has 0 saturated heterocycles. The highest BCUT2D eigenvalue weighted by Crippen LogP contribution is 2.16. The number of aromatic nitrogens is 2. The number of anilines is 1. The Hall–Kier alpha value is -2.48. The molecular formula is C12H13N5O2S. The number of nitrogens with zero attached hydrogens (tertiary/aromatic N) is 3. The molecule has 1 aromatic heterocycles. The second-order valence-corrected chi connectivity index (χ2v) is 4.55. The molecule has 7 nitrogen and oxygen atoms in total. The van der Waals surface area contributed by atoms with E-state index in [-0.39, 0.29) is 5.69 Å². The number of rotatable bonds is 4. The lowest BCUT2D eigenvalue weighted by molar-refractivity contribution is -0.384. The predicted octanol–water partition coefficient (Wildman–Crippen LogP) is 1.81. The maximum absolute atomic E-state index is 10.7. The van der Waals surface area contributed by atoms with Gasteiger partial charge in [-0.3, -0.25) is 14.8 Å². The minimum absolute atomic E-state index is 0.0186. The lowest BCUT2D eigenvalue weighted by Gasteiger charge is -2.09. The molecule has 2 rings (SSSR count). The molecule has 0 saturated carbocycles. The van der Waals surface area contributed by atoms with Gasteiger partial charge in [-0.1, -0.05) is 6.07 Å². The Morgan fingerprint density at radius 3 is 3.00 bits per heavy atom. The van der Waals surface area contributed by atoms with E-state index in [1.165, 1.54) is 12.1 Å². The second-order valence-electron chi connectivity index (χ2n) is 4.14. The molecule has 2 N–H and O–H groups in total. The van der Waals surface area contributed by atoms with Gasteiger partial charge in [0, 0.05) is 43.2 Å². The number of hydrogen-bond acceptors (Lipinski definition) is 4. The van der Waals surface area contributed by atoms with Crippen molar-refractivity contribution in [1.29, 1.82) is 0 Å². The molecule has 0 aliphatic heterocycles. The van der Waals surface area contributed by atoms with Crippen molar-refractivity contribution in [2.75, 3.05) is 5.32 Å². The standard InChI is InChI=1S/C12H13N5O2S/c1-16-8-9(7-14-16)6-13-12(20)15-10-3-2-4-11(5-10)17(18)19/h2-5,7-8H,6H2,1H3,(H2,13,15,20). The van der Waals surface area contributed by atoms with Crippen LogP contribution >= 0.6 is 12.2 Å². The number of benzene rings is 1. The van der Waals surface area contributed by atoms with Gasteiger partial charge in [-0.15, -0.1) is 0 Å². The Labute approximate surface area is 120 Å². The van der Waals surface area contributed by atoms with Crippen molar-refractivity contribution in [1.82, 2.24) is 15.1 Å². The molecule has 1 aromatic carbocycles. The van der Waals surface area contributed by atoms with Crippen molar-refractivity contribution in [3.8, 4) is 0 Å². The Kier molecular flexibility index (Phi) is 4.26. The van der Waals surface area contributed by atoms with Gasteiger partial charge in [0.05, 0.1) is 11.1 Å². The van der Waals surface area contributed by atoms with Gasteiger partial charge in [-0.05, 0) is 18.3 Å². The summed E-state index contributed by atoms with van der Waals surface area (Å²) in [7, 11) is 1.84. The Morgan fingerprint density at radius 1 is 1.55 bits per heavy atom. The molecule has 0 radical (unpaired) electrons. The van der Waals surface area contributed by atoms with Gasteiger partial charge >= 0.3 is 0 Å². The van der Waals surface area contributed by atoms with E-state index in [2.05, 4.69) is 15.7 Å². The van der Waals surface area contributed by atoms with Gasteiger partial charge in [0.2, 0.25) is 0 Å². The fourth-order valence-corrected chi connectivity index (χ4v) is 1.81. The molecule has 104 valence electrons. The van der Waals surface area contributed by atoms with Crippen LogP contribution in [0.2, 0.25) is 0 Å². The van der Waals surface area contributed by atoms with Crippen LogP contribution in [-0.4, -0.2) is 19.8 Å². The summed E-state index contributed by atoms with van der Waals surface area (Å²) in [5, 5.41) is 21.0. The van der Waals surface area contributed by atoms with Crippen LogP contribution in [0.1, 0.15) is 5.56 Å². The first-order valence-corrected chi connectivity index (χ1v) is 6.22. The minimum atomic E-state index is -0.447. The van der Waals surface area contributed by atoms with E-state index < -0.39 is 4.92 Å². The molecule has 8 heteroatoms. The summed E-state index contributed by atoms with van der Waals surface area (Å²) in [5.41, 5.74) is 1.59. The zero-order valence-electron chi connectivity index (χ0n) is 10.7. The Morgan fingerprint density at radius 2 is 2.35 bits per heavy atom. The summed E-state index contributed by atoms with van der Waals surface area (Å²) in [6.07, 6.45) is 3.62. The van der Waals surface area contributed by atoms with Crippen LogP contribution < -0.4 is 10.6 Å². The quantitative estimate of drug-likeness (QED) is 0.508. The van der Waals surface area contributed by atoms with E-state index in [9.17, 15) is 10.1 Å². The molecular weight excluding hydrogens is 278 g/mol. The highest BCUT2D eigenvalue weighted by Gasteiger charge is 2.06. The highest BCUT2D eigenvalue weighted by molar-refractivity contribution is 7.80. The number of nitro groups is 1. The van der Waals surface area contributed by atoms with Crippen LogP contribution in [-0.2, 0) is 13.6 Å².